The molecule has 1 atom stereocenters. The standard InChI is InChI=1S/C15H19F3N2O3/c1-2-4-13(22)20-9-14(23)19-8-12(21)10-5-3-6-11(7-10)15(16,17)18/h3,5-7,12,21H,2,4,8-9H2,1H3,(H,19,23)(H,20,22). The van der Waals surface area contributed by atoms with Crippen molar-refractivity contribution in [1.29, 1.82) is 0 Å². The van der Waals surface area contributed by atoms with E-state index in [0.29, 0.717) is 12.8 Å². The van der Waals surface area contributed by atoms with Gasteiger partial charge in [-0.25, -0.2) is 0 Å². The smallest absolute Gasteiger partial charge is 0.387 e. The maximum atomic E-state index is 12.6. The first kappa shape index (κ1) is 19.0. The Balaban J connectivity index is 2.49. The number of hydrogen-bond donors (Lipinski definition) is 3. The van der Waals surface area contributed by atoms with E-state index in [-0.39, 0.29) is 24.6 Å². The minimum atomic E-state index is -4.50. The van der Waals surface area contributed by atoms with Crippen LogP contribution in [0.3, 0.4) is 0 Å². The Kier molecular flexibility index (Phi) is 7.02. The van der Waals surface area contributed by atoms with Crippen molar-refractivity contribution in [3.8, 4) is 0 Å². The molecular weight excluding hydrogens is 313 g/mol. The number of aliphatic hydroxyl groups excluding tert-OH is 1. The molecule has 0 bridgehead atoms. The molecule has 1 aromatic rings. The molecule has 1 aromatic carbocycles. The van der Waals surface area contributed by atoms with Gasteiger partial charge in [0.1, 0.15) is 0 Å². The lowest BCUT2D eigenvalue weighted by Gasteiger charge is -2.14. The first-order chi connectivity index (χ1) is 10.7. The van der Waals surface area contributed by atoms with E-state index in [1.54, 1.807) is 0 Å². The largest absolute Gasteiger partial charge is 0.416 e. The monoisotopic (exact) mass is 332 g/mol. The summed E-state index contributed by atoms with van der Waals surface area (Å²) < 4.78 is 37.8. The third-order valence-corrected chi connectivity index (χ3v) is 3.01. The molecule has 23 heavy (non-hydrogen) atoms. The minimum Gasteiger partial charge on any atom is -0.387 e. The van der Waals surface area contributed by atoms with Crippen LogP contribution in [0.2, 0.25) is 0 Å². The number of hydrogen-bond acceptors (Lipinski definition) is 3. The fraction of sp³-hybridized carbons (Fsp3) is 0.467. The second-order valence-electron chi connectivity index (χ2n) is 4.97. The van der Waals surface area contributed by atoms with E-state index in [0.717, 1.165) is 12.1 Å². The third kappa shape index (κ3) is 6.68. The topological polar surface area (TPSA) is 78.4 Å². The number of amides is 2. The van der Waals surface area contributed by atoms with Crippen molar-refractivity contribution in [2.45, 2.75) is 32.0 Å². The first-order valence-electron chi connectivity index (χ1n) is 7.12. The van der Waals surface area contributed by atoms with Gasteiger partial charge in [0.15, 0.2) is 0 Å². The van der Waals surface area contributed by atoms with Gasteiger partial charge < -0.3 is 15.7 Å². The van der Waals surface area contributed by atoms with Crippen molar-refractivity contribution < 1.29 is 27.9 Å². The molecule has 0 spiro atoms. The maximum Gasteiger partial charge on any atom is 0.416 e. The lowest BCUT2D eigenvalue weighted by atomic mass is 10.1. The molecule has 0 fully saturated rings. The van der Waals surface area contributed by atoms with E-state index in [2.05, 4.69) is 10.6 Å². The zero-order valence-corrected chi connectivity index (χ0v) is 12.6. The number of aliphatic hydroxyl groups is 1. The Labute approximate surface area is 131 Å². The summed E-state index contributed by atoms with van der Waals surface area (Å²) in [5.41, 5.74) is -0.817. The molecule has 0 aliphatic heterocycles. The molecule has 1 unspecified atom stereocenters. The average molecular weight is 332 g/mol. The highest BCUT2D eigenvalue weighted by Crippen LogP contribution is 2.30. The van der Waals surface area contributed by atoms with Gasteiger partial charge in [0, 0.05) is 13.0 Å². The van der Waals surface area contributed by atoms with E-state index in [4.69, 9.17) is 0 Å². The summed E-state index contributed by atoms with van der Waals surface area (Å²) in [4.78, 5) is 22.7. The quantitative estimate of drug-likeness (QED) is 0.712. The number of benzene rings is 1. The molecule has 0 saturated heterocycles. The number of rotatable bonds is 7. The summed E-state index contributed by atoms with van der Waals surface area (Å²) in [7, 11) is 0. The summed E-state index contributed by atoms with van der Waals surface area (Å²) in [6.07, 6.45) is -4.81. The van der Waals surface area contributed by atoms with Crippen LogP contribution in [0.4, 0.5) is 13.2 Å². The van der Waals surface area contributed by atoms with Crippen LogP contribution in [0, 0.1) is 0 Å². The number of halogens is 3. The number of carbonyl (C=O) groups excluding carboxylic acids is 2. The molecule has 8 heteroatoms. The van der Waals surface area contributed by atoms with Crippen LogP contribution in [0.25, 0.3) is 0 Å². The molecule has 0 aromatic heterocycles. The summed E-state index contributed by atoms with van der Waals surface area (Å²) in [5, 5.41) is 14.6. The number of carbonyl (C=O) groups is 2. The molecule has 128 valence electrons. The SMILES string of the molecule is CCCC(=O)NCC(=O)NCC(O)c1cccc(C(F)(F)F)c1. The predicted molar refractivity (Wildman–Crippen MR) is 77.3 cm³/mol. The number of nitrogens with one attached hydrogen (secondary N) is 2. The maximum absolute atomic E-state index is 12.6. The van der Waals surface area contributed by atoms with Crippen molar-refractivity contribution in [2.24, 2.45) is 0 Å². The van der Waals surface area contributed by atoms with Crippen LogP contribution in [0.1, 0.15) is 37.0 Å². The molecule has 5 nitrogen and oxygen atoms in total. The Morgan fingerprint density at radius 2 is 1.91 bits per heavy atom. The number of alkyl halides is 3. The lowest BCUT2D eigenvalue weighted by Crippen LogP contribution is -2.38. The minimum absolute atomic E-state index is 0.0511. The zero-order valence-electron chi connectivity index (χ0n) is 12.6. The van der Waals surface area contributed by atoms with Crippen LogP contribution < -0.4 is 10.6 Å². The molecule has 0 saturated carbocycles. The molecule has 0 aliphatic carbocycles. The van der Waals surface area contributed by atoms with Crippen LogP contribution in [0.15, 0.2) is 24.3 Å². The van der Waals surface area contributed by atoms with Crippen molar-refractivity contribution in [3.05, 3.63) is 35.4 Å². The van der Waals surface area contributed by atoms with Gasteiger partial charge in [-0.1, -0.05) is 19.1 Å². The molecule has 1 rings (SSSR count). The summed E-state index contributed by atoms with van der Waals surface area (Å²) in [6.45, 7) is 1.34. The van der Waals surface area contributed by atoms with Gasteiger partial charge in [-0.3, -0.25) is 9.59 Å². The molecule has 3 N–H and O–H groups in total. The normalized spacial score (nSPS) is 12.6. The van der Waals surface area contributed by atoms with Crippen molar-refractivity contribution >= 4 is 11.8 Å². The Hall–Kier alpha value is -2.09. The van der Waals surface area contributed by atoms with Crippen molar-refractivity contribution in [2.75, 3.05) is 13.1 Å². The highest BCUT2D eigenvalue weighted by Gasteiger charge is 2.30. The molecular formula is C15H19F3N2O3. The van der Waals surface area contributed by atoms with E-state index < -0.39 is 23.8 Å². The van der Waals surface area contributed by atoms with Gasteiger partial charge in [0.05, 0.1) is 18.2 Å². The van der Waals surface area contributed by atoms with Crippen LogP contribution >= 0.6 is 0 Å². The second-order valence-corrected chi connectivity index (χ2v) is 4.97. The van der Waals surface area contributed by atoms with Crippen molar-refractivity contribution in [3.63, 3.8) is 0 Å². The zero-order chi connectivity index (χ0) is 17.5. The predicted octanol–water partition coefficient (Wildman–Crippen LogP) is 1.77. The Bertz CT molecular complexity index is 547. The van der Waals surface area contributed by atoms with Crippen LogP contribution in [0.5, 0.6) is 0 Å². The average Bonchev–Trinajstić information content (AvgIpc) is 2.50. The van der Waals surface area contributed by atoms with Gasteiger partial charge in [-0.2, -0.15) is 13.2 Å². The summed E-state index contributed by atoms with van der Waals surface area (Å²) >= 11 is 0. The van der Waals surface area contributed by atoms with E-state index >= 15 is 0 Å². The fourth-order valence-electron chi connectivity index (χ4n) is 1.81. The molecule has 0 aliphatic rings. The fourth-order valence-corrected chi connectivity index (χ4v) is 1.81. The first-order valence-corrected chi connectivity index (χ1v) is 7.12. The lowest BCUT2D eigenvalue weighted by molar-refractivity contribution is -0.137. The van der Waals surface area contributed by atoms with Gasteiger partial charge >= 0.3 is 6.18 Å². The third-order valence-electron chi connectivity index (χ3n) is 3.01. The Morgan fingerprint density at radius 3 is 2.52 bits per heavy atom. The van der Waals surface area contributed by atoms with Gasteiger partial charge in [0.25, 0.3) is 0 Å². The van der Waals surface area contributed by atoms with E-state index in [1.165, 1.54) is 12.1 Å². The Morgan fingerprint density at radius 1 is 1.22 bits per heavy atom. The van der Waals surface area contributed by atoms with Crippen molar-refractivity contribution in [1.82, 2.24) is 10.6 Å². The van der Waals surface area contributed by atoms with E-state index in [9.17, 15) is 27.9 Å². The summed E-state index contributed by atoms with van der Waals surface area (Å²) in [5.74, 6) is -0.790. The molecule has 2 amide bonds. The molecule has 0 heterocycles. The second kappa shape index (κ2) is 8.52. The van der Waals surface area contributed by atoms with Gasteiger partial charge in [-0.05, 0) is 24.1 Å². The molecule has 0 radical (unpaired) electrons. The van der Waals surface area contributed by atoms with Crippen LogP contribution in [-0.2, 0) is 15.8 Å². The highest BCUT2D eigenvalue weighted by atomic mass is 19.4. The summed E-state index contributed by atoms with van der Waals surface area (Å²) in [6, 6.07) is 4.27. The highest BCUT2D eigenvalue weighted by molar-refractivity contribution is 5.84. The van der Waals surface area contributed by atoms with E-state index in [1.807, 2.05) is 6.92 Å². The van der Waals surface area contributed by atoms with Crippen LogP contribution in [-0.4, -0.2) is 30.0 Å². The van der Waals surface area contributed by atoms with Gasteiger partial charge in [0.2, 0.25) is 11.8 Å². The van der Waals surface area contributed by atoms with Gasteiger partial charge in [-0.15, -0.1) is 0 Å².